The largest absolute Gasteiger partial charge is 0.335 e. The average molecular weight is 287 g/mol. The third-order valence-electron chi connectivity index (χ3n) is 3.42. The lowest BCUT2D eigenvalue weighted by Gasteiger charge is -2.24. The number of aryl methyl sites for hydroxylation is 1. The molecule has 0 N–H and O–H groups in total. The third kappa shape index (κ3) is 3.78. The first-order valence-corrected chi connectivity index (χ1v) is 6.66. The van der Waals surface area contributed by atoms with Crippen molar-refractivity contribution in [2.45, 2.75) is 13.0 Å². The van der Waals surface area contributed by atoms with E-state index in [0.717, 1.165) is 11.1 Å². The van der Waals surface area contributed by atoms with Crippen molar-refractivity contribution >= 4 is 12.0 Å². The summed E-state index contributed by atoms with van der Waals surface area (Å²) in [5.41, 5.74) is 1.76. The van der Waals surface area contributed by atoms with E-state index < -0.39 is 0 Å². The second kappa shape index (κ2) is 6.35. The van der Waals surface area contributed by atoms with Gasteiger partial charge in [0.25, 0.3) is 0 Å². The van der Waals surface area contributed by atoms with Gasteiger partial charge in [0.05, 0.1) is 12.2 Å². The molecule has 2 aromatic rings. The van der Waals surface area contributed by atoms with Crippen LogP contribution in [0.2, 0.25) is 0 Å². The van der Waals surface area contributed by atoms with Crippen LogP contribution < -0.4 is 0 Å². The first-order valence-electron chi connectivity index (χ1n) is 6.66. The van der Waals surface area contributed by atoms with Crippen LogP contribution in [-0.4, -0.2) is 27.6 Å². The Hall–Kier alpha value is -2.43. The molecule has 0 radical (unpaired) electrons. The molecule has 0 spiro atoms. The van der Waals surface area contributed by atoms with Gasteiger partial charge in [-0.25, -0.2) is 4.39 Å². The number of carbonyl (C=O) groups excluding carboxylic acids is 1. The Labute approximate surface area is 123 Å². The summed E-state index contributed by atoms with van der Waals surface area (Å²) >= 11 is 0. The van der Waals surface area contributed by atoms with E-state index in [2.05, 4.69) is 5.10 Å². The minimum absolute atomic E-state index is 0.115. The van der Waals surface area contributed by atoms with Gasteiger partial charge < -0.3 is 4.90 Å². The Morgan fingerprint density at radius 2 is 2.05 bits per heavy atom. The lowest BCUT2D eigenvalue weighted by Crippen LogP contribution is -2.27. The summed E-state index contributed by atoms with van der Waals surface area (Å²) in [5.74, 6) is -0.396. The van der Waals surface area contributed by atoms with Crippen molar-refractivity contribution in [2.24, 2.45) is 7.05 Å². The topological polar surface area (TPSA) is 38.1 Å². The molecule has 1 aromatic carbocycles. The van der Waals surface area contributed by atoms with Crippen molar-refractivity contribution < 1.29 is 9.18 Å². The molecule has 0 fully saturated rings. The maximum Gasteiger partial charge on any atom is 0.246 e. The summed E-state index contributed by atoms with van der Waals surface area (Å²) < 4.78 is 14.6. The van der Waals surface area contributed by atoms with E-state index in [4.69, 9.17) is 0 Å². The minimum atomic E-state index is -0.281. The van der Waals surface area contributed by atoms with E-state index in [1.807, 2.05) is 20.2 Å². The van der Waals surface area contributed by atoms with Crippen molar-refractivity contribution in [3.8, 4) is 0 Å². The number of amides is 1. The first kappa shape index (κ1) is 15.0. The summed E-state index contributed by atoms with van der Waals surface area (Å²) in [6.45, 7) is 1.91. The number of benzene rings is 1. The number of hydrogen-bond donors (Lipinski definition) is 0. The van der Waals surface area contributed by atoms with Gasteiger partial charge >= 0.3 is 0 Å². The van der Waals surface area contributed by atoms with Gasteiger partial charge in [0.1, 0.15) is 5.82 Å². The lowest BCUT2D eigenvalue weighted by atomic mass is 10.1. The zero-order valence-electron chi connectivity index (χ0n) is 12.3. The molecule has 2 rings (SSSR count). The van der Waals surface area contributed by atoms with Crippen LogP contribution in [0, 0.1) is 5.82 Å². The molecule has 0 aliphatic rings. The molecule has 1 amide bonds. The molecule has 4 nitrogen and oxygen atoms in total. The van der Waals surface area contributed by atoms with Crippen LogP contribution >= 0.6 is 0 Å². The van der Waals surface area contributed by atoms with Crippen molar-refractivity contribution in [3.63, 3.8) is 0 Å². The van der Waals surface area contributed by atoms with Crippen LogP contribution in [0.25, 0.3) is 6.08 Å². The molecule has 0 bridgehead atoms. The van der Waals surface area contributed by atoms with Gasteiger partial charge in [0.15, 0.2) is 0 Å². The van der Waals surface area contributed by atoms with Gasteiger partial charge in [-0.05, 0) is 30.7 Å². The van der Waals surface area contributed by atoms with Crippen molar-refractivity contribution in [3.05, 3.63) is 59.7 Å². The smallest absolute Gasteiger partial charge is 0.246 e. The van der Waals surface area contributed by atoms with Crippen LogP contribution in [-0.2, 0) is 11.8 Å². The van der Waals surface area contributed by atoms with E-state index in [0.29, 0.717) is 0 Å². The monoisotopic (exact) mass is 287 g/mol. The Bertz CT molecular complexity index is 646. The average Bonchev–Trinajstić information content (AvgIpc) is 2.89. The normalized spacial score (nSPS) is 12.6. The number of likely N-dealkylation sites (N-methyl/N-ethyl adjacent to an activating group) is 1. The summed E-state index contributed by atoms with van der Waals surface area (Å²) in [6.07, 6.45) is 6.75. The number of rotatable bonds is 4. The molecule has 5 heteroatoms. The molecule has 1 heterocycles. The van der Waals surface area contributed by atoms with Gasteiger partial charge in [0.2, 0.25) is 5.91 Å². The number of hydrogen-bond acceptors (Lipinski definition) is 2. The second-order valence-electron chi connectivity index (χ2n) is 4.96. The highest BCUT2D eigenvalue weighted by molar-refractivity contribution is 5.91. The highest BCUT2D eigenvalue weighted by Gasteiger charge is 2.15. The van der Waals surface area contributed by atoms with Gasteiger partial charge in [-0.2, -0.15) is 5.10 Å². The Morgan fingerprint density at radius 1 is 1.38 bits per heavy atom. The third-order valence-corrected chi connectivity index (χ3v) is 3.42. The van der Waals surface area contributed by atoms with Crippen LogP contribution in [0.1, 0.15) is 24.1 Å². The maximum absolute atomic E-state index is 12.9. The molecule has 1 atom stereocenters. The summed E-state index contributed by atoms with van der Waals surface area (Å²) in [6, 6.07) is 6.05. The number of aromatic nitrogens is 2. The molecule has 0 saturated heterocycles. The van der Waals surface area contributed by atoms with E-state index in [-0.39, 0.29) is 17.8 Å². The Balaban J connectivity index is 2.04. The zero-order chi connectivity index (χ0) is 15.4. The fourth-order valence-corrected chi connectivity index (χ4v) is 1.97. The molecule has 0 aliphatic heterocycles. The van der Waals surface area contributed by atoms with E-state index >= 15 is 0 Å². The van der Waals surface area contributed by atoms with E-state index in [1.165, 1.54) is 18.2 Å². The van der Waals surface area contributed by atoms with Gasteiger partial charge in [0, 0.05) is 31.9 Å². The van der Waals surface area contributed by atoms with Crippen LogP contribution in [0.4, 0.5) is 4.39 Å². The summed E-state index contributed by atoms with van der Waals surface area (Å²) in [4.78, 5) is 13.8. The van der Waals surface area contributed by atoms with Crippen molar-refractivity contribution in [1.82, 2.24) is 14.7 Å². The number of carbonyl (C=O) groups is 1. The van der Waals surface area contributed by atoms with Gasteiger partial charge in [-0.3, -0.25) is 9.48 Å². The zero-order valence-corrected chi connectivity index (χ0v) is 12.3. The molecule has 1 aromatic heterocycles. The SMILES string of the molecule is CC(c1ccc(F)cc1)N(C)C(=O)/C=C/c1cnn(C)c1. The molecule has 110 valence electrons. The fourth-order valence-electron chi connectivity index (χ4n) is 1.97. The Kier molecular flexibility index (Phi) is 4.52. The molecular formula is C16H18FN3O. The molecular weight excluding hydrogens is 269 g/mol. The van der Waals surface area contributed by atoms with Gasteiger partial charge in [-0.15, -0.1) is 0 Å². The lowest BCUT2D eigenvalue weighted by molar-refractivity contribution is -0.126. The van der Waals surface area contributed by atoms with E-state index in [9.17, 15) is 9.18 Å². The first-order chi connectivity index (χ1) is 9.97. The number of halogens is 1. The standard InChI is InChI=1S/C16H18FN3O/c1-12(14-5-7-15(17)8-6-14)20(3)16(21)9-4-13-10-18-19(2)11-13/h4-12H,1-3H3/b9-4+. The molecule has 21 heavy (non-hydrogen) atoms. The fraction of sp³-hybridized carbons (Fsp3) is 0.250. The highest BCUT2D eigenvalue weighted by Crippen LogP contribution is 2.19. The molecule has 1 unspecified atom stereocenters. The van der Waals surface area contributed by atoms with E-state index in [1.54, 1.807) is 41.0 Å². The van der Waals surface area contributed by atoms with Crippen molar-refractivity contribution in [1.29, 1.82) is 0 Å². The summed E-state index contributed by atoms with van der Waals surface area (Å²) in [5, 5.41) is 4.04. The molecule has 0 aliphatic carbocycles. The van der Waals surface area contributed by atoms with Crippen molar-refractivity contribution in [2.75, 3.05) is 7.05 Å². The highest BCUT2D eigenvalue weighted by atomic mass is 19.1. The summed E-state index contributed by atoms with van der Waals surface area (Å²) in [7, 11) is 3.55. The van der Waals surface area contributed by atoms with Crippen LogP contribution in [0.5, 0.6) is 0 Å². The number of nitrogens with zero attached hydrogens (tertiary/aromatic N) is 3. The van der Waals surface area contributed by atoms with Crippen LogP contribution in [0.3, 0.4) is 0 Å². The van der Waals surface area contributed by atoms with Crippen LogP contribution in [0.15, 0.2) is 42.7 Å². The predicted molar refractivity (Wildman–Crippen MR) is 79.8 cm³/mol. The maximum atomic E-state index is 12.9. The molecule has 0 saturated carbocycles. The minimum Gasteiger partial charge on any atom is -0.335 e. The quantitative estimate of drug-likeness (QED) is 0.811. The van der Waals surface area contributed by atoms with Gasteiger partial charge in [-0.1, -0.05) is 12.1 Å². The predicted octanol–water partition coefficient (Wildman–Crippen LogP) is 2.79. The second-order valence-corrected chi connectivity index (χ2v) is 4.96. The Morgan fingerprint density at radius 3 is 2.62 bits per heavy atom.